The molecule has 3 rings (SSSR count). The quantitative estimate of drug-likeness (QED) is 0.798. The molecule has 0 N–H and O–H groups in total. The largest absolute Gasteiger partial charge is 0.353 e. The summed E-state index contributed by atoms with van der Waals surface area (Å²) in [6.07, 6.45) is 6.03. The first-order valence-electron chi connectivity index (χ1n) is 8.11. The fourth-order valence-corrected chi connectivity index (χ4v) is 3.95. The minimum absolute atomic E-state index is 0.157. The topological polar surface area (TPSA) is 28.5 Å². The average Bonchev–Trinajstić information content (AvgIpc) is 2.57. The summed E-state index contributed by atoms with van der Waals surface area (Å²) in [6.45, 7) is 6.21. The monoisotopic (exact) mass is 289 g/mol. The molecular weight excluding hydrogens is 262 g/mol. The van der Waals surface area contributed by atoms with Gasteiger partial charge >= 0.3 is 0 Å². The third-order valence-electron chi connectivity index (χ3n) is 5.20. The summed E-state index contributed by atoms with van der Waals surface area (Å²) < 4.78 is 2.11. The van der Waals surface area contributed by atoms with Gasteiger partial charge in [-0.3, -0.25) is 9.69 Å². The zero-order valence-electron chi connectivity index (χ0n) is 13.5. The highest BCUT2D eigenvalue weighted by Crippen LogP contribution is 2.26. The molecule has 1 aromatic rings. The number of ketones is 1. The fraction of sp³-hybridized carbons (Fsp3) is 0.706. The number of nitrogens with zero attached hydrogens (tertiary/aromatic N) is 3. The highest BCUT2D eigenvalue weighted by atomic mass is 16.1. The molecule has 4 heteroatoms. The Bertz CT molecular complexity index is 522. The van der Waals surface area contributed by atoms with Crippen LogP contribution in [0.5, 0.6) is 0 Å². The van der Waals surface area contributed by atoms with Crippen molar-refractivity contribution in [3.8, 4) is 0 Å². The molecule has 1 aromatic heterocycles. The van der Waals surface area contributed by atoms with Crippen molar-refractivity contribution in [2.75, 3.05) is 26.7 Å². The van der Waals surface area contributed by atoms with Gasteiger partial charge in [0, 0.05) is 56.7 Å². The Labute approximate surface area is 127 Å². The molecule has 0 unspecified atom stereocenters. The van der Waals surface area contributed by atoms with E-state index in [9.17, 15) is 4.79 Å². The molecule has 2 aliphatic heterocycles. The molecule has 2 saturated heterocycles. The van der Waals surface area contributed by atoms with E-state index in [1.807, 2.05) is 13.2 Å². The number of carbonyl (C=O) groups excluding carboxylic acids is 1. The van der Waals surface area contributed by atoms with Crippen molar-refractivity contribution in [3.63, 3.8) is 0 Å². The Morgan fingerprint density at radius 1 is 1.24 bits per heavy atom. The van der Waals surface area contributed by atoms with E-state index in [4.69, 9.17) is 0 Å². The van der Waals surface area contributed by atoms with Crippen LogP contribution in [0.2, 0.25) is 0 Å². The van der Waals surface area contributed by atoms with Crippen LogP contribution in [-0.4, -0.2) is 52.9 Å². The molecular formula is C17H27N3O. The van der Waals surface area contributed by atoms with Crippen molar-refractivity contribution >= 4 is 5.78 Å². The molecule has 0 aromatic carbocycles. The number of aromatic nitrogens is 1. The molecule has 0 aliphatic carbocycles. The van der Waals surface area contributed by atoms with Crippen molar-refractivity contribution in [2.45, 2.75) is 38.8 Å². The van der Waals surface area contributed by atoms with Crippen molar-refractivity contribution in [3.05, 3.63) is 23.5 Å². The van der Waals surface area contributed by atoms with Gasteiger partial charge in [-0.05, 0) is 38.8 Å². The van der Waals surface area contributed by atoms with Gasteiger partial charge in [0.25, 0.3) is 0 Å². The molecule has 116 valence electrons. The van der Waals surface area contributed by atoms with Crippen LogP contribution in [0.4, 0.5) is 0 Å². The second-order valence-corrected chi connectivity index (χ2v) is 6.97. The first kappa shape index (κ1) is 14.8. The summed E-state index contributed by atoms with van der Waals surface area (Å²) in [4.78, 5) is 16.7. The highest BCUT2D eigenvalue weighted by Gasteiger charge is 2.30. The zero-order chi connectivity index (χ0) is 15.0. The van der Waals surface area contributed by atoms with Gasteiger partial charge in [-0.25, -0.2) is 0 Å². The predicted molar refractivity (Wildman–Crippen MR) is 84.5 cm³/mol. The van der Waals surface area contributed by atoms with E-state index >= 15 is 0 Å². The van der Waals surface area contributed by atoms with Gasteiger partial charge in [0.15, 0.2) is 5.78 Å². The normalized spacial score (nSPS) is 27.6. The smallest absolute Gasteiger partial charge is 0.161 e. The lowest BCUT2D eigenvalue weighted by molar-refractivity contribution is 0.101. The summed E-state index contributed by atoms with van der Waals surface area (Å²) in [7, 11) is 4.33. The average molecular weight is 289 g/mol. The maximum atomic E-state index is 11.5. The summed E-state index contributed by atoms with van der Waals surface area (Å²) >= 11 is 0. The minimum Gasteiger partial charge on any atom is -0.353 e. The van der Waals surface area contributed by atoms with E-state index in [0.29, 0.717) is 6.04 Å². The minimum atomic E-state index is 0.157. The molecule has 0 saturated carbocycles. The van der Waals surface area contributed by atoms with E-state index in [-0.39, 0.29) is 5.78 Å². The Morgan fingerprint density at radius 2 is 2.05 bits per heavy atom. The summed E-state index contributed by atoms with van der Waals surface area (Å²) in [6, 6.07) is 2.76. The van der Waals surface area contributed by atoms with Crippen LogP contribution >= 0.6 is 0 Å². The van der Waals surface area contributed by atoms with Crippen LogP contribution in [-0.2, 0) is 13.6 Å². The van der Waals surface area contributed by atoms with E-state index < -0.39 is 0 Å². The van der Waals surface area contributed by atoms with Gasteiger partial charge in [0.05, 0.1) is 0 Å². The number of fused-ring (bicyclic) bond motifs is 3. The summed E-state index contributed by atoms with van der Waals surface area (Å²) in [5.41, 5.74) is 2.09. The maximum Gasteiger partial charge on any atom is 0.161 e. The number of Topliss-reactive ketones (excluding diaryl/α,β-unsaturated/α-hetero) is 1. The van der Waals surface area contributed by atoms with Gasteiger partial charge in [0.2, 0.25) is 0 Å². The third-order valence-corrected chi connectivity index (χ3v) is 5.20. The Balaban J connectivity index is 1.74. The van der Waals surface area contributed by atoms with Crippen molar-refractivity contribution in [1.82, 2.24) is 14.4 Å². The van der Waals surface area contributed by atoms with Gasteiger partial charge in [-0.1, -0.05) is 6.42 Å². The standard InChI is InChI=1S/C17H27N3O/c1-13(21)15-7-17(19(3)10-15)12-20-9-14-5-4-6-16(11-20)18(2)8-14/h7,10,14,16H,4-6,8-9,11-12H2,1-3H3/t14-,16-/m0/s1. The number of carbonyl (C=O) groups is 1. The molecule has 0 spiro atoms. The molecule has 2 atom stereocenters. The van der Waals surface area contributed by atoms with Crippen LogP contribution in [0, 0.1) is 5.92 Å². The first-order valence-corrected chi connectivity index (χ1v) is 8.11. The molecule has 3 heterocycles. The van der Waals surface area contributed by atoms with Crippen LogP contribution in [0.1, 0.15) is 42.2 Å². The lowest BCUT2D eigenvalue weighted by Gasteiger charge is -2.29. The molecule has 2 fully saturated rings. The lowest BCUT2D eigenvalue weighted by atomic mass is 10.00. The Kier molecular flexibility index (Phi) is 4.18. The number of likely N-dealkylation sites (tertiary alicyclic amines) is 1. The molecule has 4 nitrogen and oxygen atoms in total. The molecule has 0 amide bonds. The van der Waals surface area contributed by atoms with Crippen LogP contribution in [0.25, 0.3) is 0 Å². The van der Waals surface area contributed by atoms with Crippen molar-refractivity contribution in [2.24, 2.45) is 13.0 Å². The molecule has 0 radical (unpaired) electrons. The van der Waals surface area contributed by atoms with E-state index in [1.54, 1.807) is 6.92 Å². The number of hydrogen-bond acceptors (Lipinski definition) is 3. The third kappa shape index (κ3) is 3.22. The Morgan fingerprint density at radius 3 is 2.76 bits per heavy atom. The van der Waals surface area contributed by atoms with E-state index in [0.717, 1.165) is 24.6 Å². The molecule has 2 bridgehead atoms. The van der Waals surface area contributed by atoms with Gasteiger partial charge in [-0.15, -0.1) is 0 Å². The second kappa shape index (κ2) is 5.93. The number of rotatable bonds is 3. The van der Waals surface area contributed by atoms with Crippen molar-refractivity contribution in [1.29, 1.82) is 0 Å². The fourth-order valence-electron chi connectivity index (χ4n) is 3.95. The van der Waals surface area contributed by atoms with Gasteiger partial charge in [-0.2, -0.15) is 0 Å². The predicted octanol–water partition coefficient (Wildman–Crippen LogP) is 2.14. The molecule has 2 aliphatic rings. The number of hydrogen-bond donors (Lipinski definition) is 0. The van der Waals surface area contributed by atoms with E-state index in [1.165, 1.54) is 38.0 Å². The van der Waals surface area contributed by atoms with Crippen LogP contribution in [0.15, 0.2) is 12.3 Å². The lowest BCUT2D eigenvalue weighted by Crippen LogP contribution is -2.38. The Hall–Kier alpha value is -1.13. The SMILES string of the molecule is CC(=O)c1cc(CN2C[C@H]3CCC[C@@H](C2)N(C)C3)n(C)c1. The number of aryl methyl sites for hydroxylation is 1. The number of likely N-dealkylation sites (N-methyl/N-ethyl adjacent to an activating group) is 1. The van der Waals surface area contributed by atoms with Gasteiger partial charge in [0.1, 0.15) is 0 Å². The summed E-state index contributed by atoms with van der Waals surface area (Å²) in [5, 5.41) is 0. The van der Waals surface area contributed by atoms with Crippen LogP contribution in [0.3, 0.4) is 0 Å². The zero-order valence-corrected chi connectivity index (χ0v) is 13.5. The summed E-state index contributed by atoms with van der Waals surface area (Å²) in [5.74, 6) is 0.958. The van der Waals surface area contributed by atoms with Crippen molar-refractivity contribution < 1.29 is 4.79 Å². The first-order chi connectivity index (χ1) is 10.0. The van der Waals surface area contributed by atoms with Gasteiger partial charge < -0.3 is 9.47 Å². The van der Waals surface area contributed by atoms with E-state index in [2.05, 4.69) is 27.5 Å². The molecule has 21 heavy (non-hydrogen) atoms. The maximum absolute atomic E-state index is 11.5. The van der Waals surface area contributed by atoms with Crippen LogP contribution < -0.4 is 0 Å². The second-order valence-electron chi connectivity index (χ2n) is 6.97. The highest BCUT2D eigenvalue weighted by molar-refractivity contribution is 5.94.